The number of ether oxygens (including phenoxy) is 1. The molecule has 3 heterocycles. The van der Waals surface area contributed by atoms with Gasteiger partial charge < -0.3 is 14.6 Å². The number of fused-ring (bicyclic) bond motifs is 2. The zero-order chi connectivity index (χ0) is 22.1. The van der Waals surface area contributed by atoms with E-state index in [-0.39, 0.29) is 29.3 Å². The number of para-hydroxylation sites is 2. The van der Waals surface area contributed by atoms with E-state index < -0.39 is 0 Å². The highest BCUT2D eigenvalue weighted by atomic mass is 35.5. The van der Waals surface area contributed by atoms with E-state index in [1.54, 1.807) is 29.2 Å². The quantitative estimate of drug-likeness (QED) is 0.467. The molecule has 5 rings (SSSR count). The minimum Gasteiger partial charge on any atom is -0.376 e. The Morgan fingerprint density at radius 1 is 1.09 bits per heavy atom. The van der Waals surface area contributed by atoms with E-state index in [4.69, 9.17) is 16.3 Å². The lowest BCUT2D eigenvalue weighted by Gasteiger charge is -2.25. The molecule has 0 radical (unpaired) electrons. The molecule has 1 fully saturated rings. The monoisotopic (exact) mass is 448 g/mol. The Morgan fingerprint density at radius 3 is 2.56 bits per heavy atom. The fourth-order valence-corrected chi connectivity index (χ4v) is 4.33. The first-order valence-electron chi connectivity index (χ1n) is 10.5. The van der Waals surface area contributed by atoms with E-state index in [2.05, 4.69) is 15.0 Å². The predicted octanol–water partition coefficient (Wildman–Crippen LogP) is 3.95. The van der Waals surface area contributed by atoms with Gasteiger partial charge in [-0.3, -0.25) is 9.59 Å². The molecule has 1 aliphatic rings. The lowest BCUT2D eigenvalue weighted by Crippen LogP contribution is -2.38. The van der Waals surface area contributed by atoms with Gasteiger partial charge in [-0.1, -0.05) is 41.9 Å². The number of nitrogens with zero attached hydrogens (tertiary/aromatic N) is 3. The highest BCUT2D eigenvalue weighted by Crippen LogP contribution is 2.24. The van der Waals surface area contributed by atoms with Gasteiger partial charge >= 0.3 is 0 Å². The molecule has 0 saturated carbocycles. The summed E-state index contributed by atoms with van der Waals surface area (Å²) in [5, 5.41) is 1.49. The van der Waals surface area contributed by atoms with E-state index in [1.165, 1.54) is 0 Å². The summed E-state index contributed by atoms with van der Waals surface area (Å²) < 4.78 is 5.79. The van der Waals surface area contributed by atoms with Crippen LogP contribution in [0, 0.1) is 0 Å². The summed E-state index contributed by atoms with van der Waals surface area (Å²) in [6.07, 6.45) is 1.78. The average Bonchev–Trinajstić information content (AvgIpc) is 3.31. The van der Waals surface area contributed by atoms with Gasteiger partial charge in [0.05, 0.1) is 34.6 Å². The highest BCUT2D eigenvalue weighted by Gasteiger charge is 2.26. The number of pyridine rings is 1. The Bertz CT molecular complexity index is 1360. The standard InChI is InChI=1S/C24H21ClN4O3/c25-21-12-18(16-7-1-3-9-19(16)26-21)24(31)29(13-15-6-5-11-32-15)14-22-27-20-10-4-2-8-17(20)23(30)28-22/h1-4,7-10,12,15H,5-6,11,13-14H2,(H,27,28,30)/t15-/m0/s1. The summed E-state index contributed by atoms with van der Waals surface area (Å²) in [6, 6.07) is 16.1. The van der Waals surface area contributed by atoms with E-state index in [0.29, 0.717) is 41.0 Å². The lowest BCUT2D eigenvalue weighted by atomic mass is 10.1. The van der Waals surface area contributed by atoms with Crippen LogP contribution in [0.4, 0.5) is 0 Å². The Labute approximate surface area is 189 Å². The first-order valence-corrected chi connectivity index (χ1v) is 10.9. The van der Waals surface area contributed by atoms with Crippen molar-refractivity contribution in [2.45, 2.75) is 25.5 Å². The second-order valence-electron chi connectivity index (χ2n) is 7.86. The Hall–Kier alpha value is -3.29. The van der Waals surface area contributed by atoms with Crippen LogP contribution in [0.1, 0.15) is 29.0 Å². The van der Waals surface area contributed by atoms with Crippen molar-refractivity contribution in [1.82, 2.24) is 19.9 Å². The molecule has 1 saturated heterocycles. The van der Waals surface area contributed by atoms with E-state index in [9.17, 15) is 9.59 Å². The smallest absolute Gasteiger partial charge is 0.258 e. The maximum atomic E-state index is 13.7. The fourth-order valence-electron chi connectivity index (χ4n) is 4.13. The predicted molar refractivity (Wildman–Crippen MR) is 123 cm³/mol. The van der Waals surface area contributed by atoms with Gasteiger partial charge in [-0.15, -0.1) is 0 Å². The van der Waals surface area contributed by atoms with Crippen LogP contribution in [0.25, 0.3) is 21.8 Å². The molecule has 4 aromatic rings. The average molecular weight is 449 g/mol. The van der Waals surface area contributed by atoms with Gasteiger partial charge in [-0.25, -0.2) is 9.97 Å². The van der Waals surface area contributed by atoms with Gasteiger partial charge in [-0.2, -0.15) is 0 Å². The molecule has 8 heteroatoms. The van der Waals surface area contributed by atoms with Gasteiger partial charge in [0.1, 0.15) is 11.0 Å². The Kier molecular flexibility index (Phi) is 5.59. The number of benzene rings is 2. The molecule has 0 spiro atoms. The first kappa shape index (κ1) is 20.6. The summed E-state index contributed by atoms with van der Waals surface area (Å²) in [4.78, 5) is 39.6. The molecule has 162 valence electrons. The Morgan fingerprint density at radius 2 is 1.81 bits per heavy atom. The molecule has 2 aromatic carbocycles. The Balaban J connectivity index is 1.54. The molecule has 0 bridgehead atoms. The van der Waals surface area contributed by atoms with Crippen molar-refractivity contribution in [3.63, 3.8) is 0 Å². The van der Waals surface area contributed by atoms with Gasteiger partial charge in [0.15, 0.2) is 0 Å². The third-order valence-corrected chi connectivity index (χ3v) is 5.85. The fraction of sp³-hybridized carbons (Fsp3) is 0.250. The van der Waals surface area contributed by atoms with Crippen molar-refractivity contribution in [3.05, 3.63) is 81.5 Å². The van der Waals surface area contributed by atoms with Crippen LogP contribution in [0.3, 0.4) is 0 Å². The molecule has 2 aromatic heterocycles. The maximum absolute atomic E-state index is 13.7. The largest absolute Gasteiger partial charge is 0.376 e. The van der Waals surface area contributed by atoms with Gasteiger partial charge in [-0.05, 0) is 37.1 Å². The molecule has 1 N–H and O–H groups in total. The maximum Gasteiger partial charge on any atom is 0.258 e. The molecular formula is C24H21ClN4O3. The number of H-pyrrole nitrogens is 1. The summed E-state index contributed by atoms with van der Waals surface area (Å²) in [7, 11) is 0. The summed E-state index contributed by atoms with van der Waals surface area (Å²) in [5.41, 5.74) is 1.47. The second-order valence-corrected chi connectivity index (χ2v) is 8.25. The van der Waals surface area contributed by atoms with Crippen LogP contribution in [0.5, 0.6) is 0 Å². The van der Waals surface area contributed by atoms with E-state index >= 15 is 0 Å². The second kappa shape index (κ2) is 8.68. The number of aromatic amines is 1. The van der Waals surface area contributed by atoms with E-state index in [0.717, 1.165) is 18.2 Å². The minimum atomic E-state index is -0.229. The number of hydrogen-bond acceptors (Lipinski definition) is 5. The van der Waals surface area contributed by atoms with E-state index in [1.807, 2.05) is 30.3 Å². The zero-order valence-electron chi connectivity index (χ0n) is 17.3. The van der Waals surface area contributed by atoms with Crippen molar-refractivity contribution in [2.24, 2.45) is 0 Å². The molecule has 0 unspecified atom stereocenters. The first-order chi connectivity index (χ1) is 15.6. The summed E-state index contributed by atoms with van der Waals surface area (Å²) in [5.74, 6) is 0.210. The zero-order valence-corrected chi connectivity index (χ0v) is 18.0. The number of rotatable bonds is 5. The highest BCUT2D eigenvalue weighted by molar-refractivity contribution is 6.30. The molecule has 1 aliphatic heterocycles. The third-order valence-electron chi connectivity index (χ3n) is 5.65. The normalized spacial score (nSPS) is 16.0. The van der Waals surface area contributed by atoms with Crippen molar-refractivity contribution < 1.29 is 9.53 Å². The molecule has 32 heavy (non-hydrogen) atoms. The van der Waals surface area contributed by atoms with Crippen molar-refractivity contribution in [3.8, 4) is 0 Å². The number of carbonyl (C=O) groups excluding carboxylic acids is 1. The van der Waals surface area contributed by atoms with Gasteiger partial charge in [0, 0.05) is 18.5 Å². The number of nitrogens with one attached hydrogen (secondary N) is 1. The number of halogens is 1. The number of aromatic nitrogens is 3. The molecular weight excluding hydrogens is 428 g/mol. The van der Waals surface area contributed by atoms with Crippen LogP contribution >= 0.6 is 11.6 Å². The topological polar surface area (TPSA) is 88.2 Å². The third kappa shape index (κ3) is 4.09. The summed E-state index contributed by atoms with van der Waals surface area (Å²) >= 11 is 6.22. The lowest BCUT2D eigenvalue weighted by molar-refractivity contribution is 0.0502. The van der Waals surface area contributed by atoms with Crippen LogP contribution < -0.4 is 5.56 Å². The molecule has 1 atom stereocenters. The minimum absolute atomic E-state index is 0.0605. The number of amides is 1. The van der Waals surface area contributed by atoms with Crippen LogP contribution in [-0.2, 0) is 11.3 Å². The number of carbonyl (C=O) groups is 1. The van der Waals surface area contributed by atoms with Gasteiger partial charge in [0.25, 0.3) is 11.5 Å². The summed E-state index contributed by atoms with van der Waals surface area (Å²) in [6.45, 7) is 1.22. The number of hydrogen-bond donors (Lipinski definition) is 1. The van der Waals surface area contributed by atoms with Gasteiger partial charge in [0.2, 0.25) is 0 Å². The van der Waals surface area contributed by atoms with Crippen LogP contribution in [-0.4, -0.2) is 45.0 Å². The van der Waals surface area contributed by atoms with Crippen molar-refractivity contribution in [2.75, 3.05) is 13.2 Å². The SMILES string of the molecule is O=C(c1cc(Cl)nc2ccccc12)N(Cc1nc2ccccc2c(=O)[nH]1)C[C@@H]1CCCO1. The van der Waals surface area contributed by atoms with Crippen LogP contribution in [0.2, 0.25) is 5.15 Å². The van der Waals surface area contributed by atoms with Crippen LogP contribution in [0.15, 0.2) is 59.4 Å². The molecule has 7 nitrogen and oxygen atoms in total. The molecule has 1 amide bonds. The van der Waals surface area contributed by atoms with Crippen molar-refractivity contribution in [1.29, 1.82) is 0 Å². The molecule has 0 aliphatic carbocycles. The van der Waals surface area contributed by atoms with Crippen molar-refractivity contribution >= 4 is 39.3 Å².